The number of aryl methyl sites for hydroxylation is 2. The van der Waals surface area contributed by atoms with Crippen LogP contribution in [0.2, 0.25) is 0 Å². The lowest BCUT2D eigenvalue weighted by atomic mass is 9.83. The second-order valence-corrected chi connectivity index (χ2v) is 7.38. The summed E-state index contributed by atoms with van der Waals surface area (Å²) in [6.45, 7) is 7.37. The molecule has 2 saturated heterocycles. The van der Waals surface area contributed by atoms with Gasteiger partial charge >= 0.3 is 0 Å². The van der Waals surface area contributed by atoms with Gasteiger partial charge in [0.15, 0.2) is 0 Å². The standard InChI is InChI=1S/C19H25FN4/c1-15-11-18(22(2)21-15)13-23-9-7-19(14-23)8-10-24(19)12-16-3-5-17(20)6-4-16/h3-6,11H,7-10,12-14H2,1-2H3. The maximum absolute atomic E-state index is 13.1. The zero-order valence-corrected chi connectivity index (χ0v) is 14.5. The molecule has 3 heterocycles. The van der Waals surface area contributed by atoms with Gasteiger partial charge < -0.3 is 0 Å². The van der Waals surface area contributed by atoms with Crippen LogP contribution in [0.4, 0.5) is 4.39 Å². The molecule has 0 saturated carbocycles. The van der Waals surface area contributed by atoms with E-state index in [1.54, 1.807) is 12.1 Å². The van der Waals surface area contributed by atoms with Crippen LogP contribution in [-0.4, -0.2) is 44.8 Å². The van der Waals surface area contributed by atoms with Crippen molar-refractivity contribution in [2.24, 2.45) is 7.05 Å². The molecule has 4 nitrogen and oxygen atoms in total. The van der Waals surface area contributed by atoms with E-state index >= 15 is 0 Å². The minimum Gasteiger partial charge on any atom is -0.296 e. The molecule has 0 bridgehead atoms. The third-order valence-electron chi connectivity index (χ3n) is 5.70. The van der Waals surface area contributed by atoms with E-state index in [1.807, 2.05) is 30.8 Å². The first-order chi connectivity index (χ1) is 11.5. The van der Waals surface area contributed by atoms with Crippen LogP contribution in [0, 0.1) is 12.7 Å². The number of hydrogen-bond donors (Lipinski definition) is 0. The first-order valence-electron chi connectivity index (χ1n) is 8.75. The Hall–Kier alpha value is -1.72. The number of nitrogens with zero attached hydrogens (tertiary/aromatic N) is 4. The predicted molar refractivity (Wildman–Crippen MR) is 92.0 cm³/mol. The second-order valence-electron chi connectivity index (χ2n) is 7.38. The first kappa shape index (κ1) is 15.8. The Bertz CT molecular complexity index is 723. The van der Waals surface area contributed by atoms with Crippen molar-refractivity contribution >= 4 is 0 Å². The van der Waals surface area contributed by atoms with E-state index < -0.39 is 0 Å². The van der Waals surface area contributed by atoms with E-state index in [4.69, 9.17) is 0 Å². The van der Waals surface area contributed by atoms with Gasteiger partial charge in [-0.2, -0.15) is 5.10 Å². The quantitative estimate of drug-likeness (QED) is 0.862. The summed E-state index contributed by atoms with van der Waals surface area (Å²) in [4.78, 5) is 5.13. The highest BCUT2D eigenvalue weighted by molar-refractivity contribution is 5.18. The zero-order chi connectivity index (χ0) is 16.7. The molecule has 4 rings (SSSR count). The van der Waals surface area contributed by atoms with E-state index in [9.17, 15) is 4.39 Å². The number of benzene rings is 1. The highest BCUT2D eigenvalue weighted by atomic mass is 19.1. The van der Waals surface area contributed by atoms with E-state index in [-0.39, 0.29) is 5.82 Å². The minimum absolute atomic E-state index is 0.157. The molecule has 2 aromatic rings. The highest BCUT2D eigenvalue weighted by Crippen LogP contribution is 2.40. The predicted octanol–water partition coefficient (Wildman–Crippen LogP) is 2.72. The van der Waals surface area contributed by atoms with Crippen LogP contribution >= 0.6 is 0 Å². The Morgan fingerprint density at radius 3 is 2.50 bits per heavy atom. The molecular formula is C19H25FN4. The Morgan fingerprint density at radius 2 is 1.88 bits per heavy atom. The van der Waals surface area contributed by atoms with Gasteiger partial charge in [-0.25, -0.2) is 4.39 Å². The van der Waals surface area contributed by atoms with Crippen molar-refractivity contribution in [1.29, 1.82) is 0 Å². The maximum atomic E-state index is 13.1. The van der Waals surface area contributed by atoms with Crippen molar-refractivity contribution in [2.45, 2.75) is 38.4 Å². The Kier molecular flexibility index (Phi) is 3.93. The monoisotopic (exact) mass is 328 g/mol. The van der Waals surface area contributed by atoms with Crippen LogP contribution < -0.4 is 0 Å². The summed E-state index contributed by atoms with van der Waals surface area (Å²) in [5.74, 6) is -0.157. The molecular weight excluding hydrogens is 303 g/mol. The Morgan fingerprint density at radius 1 is 1.12 bits per heavy atom. The average molecular weight is 328 g/mol. The molecule has 0 amide bonds. The van der Waals surface area contributed by atoms with E-state index in [1.165, 1.54) is 24.1 Å². The molecule has 1 aromatic carbocycles. The summed E-state index contributed by atoms with van der Waals surface area (Å²) >= 11 is 0. The van der Waals surface area contributed by atoms with Gasteiger partial charge in [0.1, 0.15) is 5.82 Å². The van der Waals surface area contributed by atoms with Gasteiger partial charge in [0.2, 0.25) is 0 Å². The van der Waals surface area contributed by atoms with Gasteiger partial charge in [-0.1, -0.05) is 12.1 Å². The maximum Gasteiger partial charge on any atom is 0.123 e. The van der Waals surface area contributed by atoms with Crippen LogP contribution in [-0.2, 0) is 20.1 Å². The summed E-state index contributed by atoms with van der Waals surface area (Å²) in [6, 6.07) is 9.13. The van der Waals surface area contributed by atoms with Gasteiger partial charge in [0, 0.05) is 45.3 Å². The molecule has 0 aliphatic carbocycles. The SMILES string of the molecule is Cc1cc(CN2CCC3(CCN3Cc3ccc(F)cc3)C2)n(C)n1. The molecule has 1 aromatic heterocycles. The van der Waals surface area contributed by atoms with E-state index in [0.717, 1.165) is 38.4 Å². The summed E-state index contributed by atoms with van der Waals surface area (Å²) in [5, 5.41) is 4.45. The fourth-order valence-corrected chi connectivity index (χ4v) is 4.22. The van der Waals surface area contributed by atoms with Crippen LogP contribution in [0.15, 0.2) is 30.3 Å². The van der Waals surface area contributed by atoms with Gasteiger partial charge in [-0.3, -0.25) is 14.5 Å². The first-order valence-corrected chi connectivity index (χ1v) is 8.75. The highest BCUT2D eigenvalue weighted by Gasteiger charge is 2.48. The van der Waals surface area contributed by atoms with Gasteiger partial charge in [-0.05, 0) is 43.5 Å². The molecule has 1 atom stereocenters. The molecule has 2 aliphatic rings. The molecule has 1 spiro atoms. The molecule has 1 unspecified atom stereocenters. The zero-order valence-electron chi connectivity index (χ0n) is 14.5. The summed E-state index contributed by atoms with van der Waals surface area (Å²) in [6.07, 6.45) is 2.50. The van der Waals surface area contributed by atoms with Crippen molar-refractivity contribution in [1.82, 2.24) is 19.6 Å². The van der Waals surface area contributed by atoms with Crippen LogP contribution in [0.3, 0.4) is 0 Å². The number of rotatable bonds is 4. The fraction of sp³-hybridized carbons (Fsp3) is 0.526. The lowest BCUT2D eigenvalue weighted by molar-refractivity contribution is -0.0147. The van der Waals surface area contributed by atoms with Crippen molar-refractivity contribution in [3.63, 3.8) is 0 Å². The summed E-state index contributed by atoms with van der Waals surface area (Å²) in [5.41, 5.74) is 3.90. The molecule has 24 heavy (non-hydrogen) atoms. The molecule has 2 fully saturated rings. The Labute approximate surface area is 142 Å². The summed E-state index contributed by atoms with van der Waals surface area (Å²) < 4.78 is 15.1. The third-order valence-corrected chi connectivity index (χ3v) is 5.70. The van der Waals surface area contributed by atoms with Gasteiger partial charge in [0.25, 0.3) is 0 Å². The number of aromatic nitrogens is 2. The second kappa shape index (κ2) is 5.97. The van der Waals surface area contributed by atoms with E-state index in [0.29, 0.717) is 5.54 Å². The fourth-order valence-electron chi connectivity index (χ4n) is 4.22. The molecule has 128 valence electrons. The topological polar surface area (TPSA) is 24.3 Å². The van der Waals surface area contributed by atoms with Crippen LogP contribution in [0.25, 0.3) is 0 Å². The smallest absolute Gasteiger partial charge is 0.123 e. The largest absolute Gasteiger partial charge is 0.296 e. The van der Waals surface area contributed by atoms with Gasteiger partial charge in [-0.15, -0.1) is 0 Å². The average Bonchev–Trinajstić information content (AvgIpc) is 3.11. The van der Waals surface area contributed by atoms with Gasteiger partial charge in [0.05, 0.1) is 11.4 Å². The van der Waals surface area contributed by atoms with Crippen molar-refractivity contribution in [2.75, 3.05) is 19.6 Å². The lowest BCUT2D eigenvalue weighted by Gasteiger charge is -2.51. The van der Waals surface area contributed by atoms with E-state index in [2.05, 4.69) is 21.0 Å². The number of halogens is 1. The Balaban J connectivity index is 1.39. The van der Waals surface area contributed by atoms with Crippen LogP contribution in [0.1, 0.15) is 29.8 Å². The normalized spacial score (nSPS) is 24.6. The third kappa shape index (κ3) is 2.87. The number of likely N-dealkylation sites (tertiary alicyclic amines) is 2. The van der Waals surface area contributed by atoms with Crippen molar-refractivity contribution < 1.29 is 4.39 Å². The lowest BCUT2D eigenvalue weighted by Crippen LogP contribution is -2.60. The molecule has 2 aliphatic heterocycles. The molecule has 5 heteroatoms. The van der Waals surface area contributed by atoms with Crippen molar-refractivity contribution in [3.8, 4) is 0 Å². The molecule has 0 N–H and O–H groups in total. The number of hydrogen-bond acceptors (Lipinski definition) is 3. The summed E-state index contributed by atoms with van der Waals surface area (Å²) in [7, 11) is 2.03. The van der Waals surface area contributed by atoms with Crippen LogP contribution in [0.5, 0.6) is 0 Å². The van der Waals surface area contributed by atoms with Crippen molar-refractivity contribution in [3.05, 3.63) is 53.1 Å². The molecule has 0 radical (unpaired) electrons. The minimum atomic E-state index is -0.157.